The average Bonchev–Trinajstić information content (AvgIpc) is 2.64. The van der Waals surface area contributed by atoms with E-state index in [-0.39, 0.29) is 18.2 Å². The summed E-state index contributed by atoms with van der Waals surface area (Å²) < 4.78 is 28.7. The van der Waals surface area contributed by atoms with Crippen LogP contribution in [0.4, 0.5) is 0 Å². The summed E-state index contributed by atoms with van der Waals surface area (Å²) in [6.45, 7) is 0.929. The van der Waals surface area contributed by atoms with Crippen LogP contribution in [0.3, 0.4) is 0 Å². The van der Waals surface area contributed by atoms with Gasteiger partial charge in [-0.2, -0.15) is 0 Å². The number of para-hydroxylation sites is 1. The fourth-order valence-corrected chi connectivity index (χ4v) is 4.12. The lowest BCUT2D eigenvalue weighted by Gasteiger charge is -2.27. The van der Waals surface area contributed by atoms with Crippen molar-refractivity contribution in [1.29, 1.82) is 0 Å². The molecule has 0 fully saturated rings. The maximum atomic E-state index is 12.4. The Kier molecular flexibility index (Phi) is 4.60. The Hall–Kier alpha value is -2.49. The van der Waals surface area contributed by atoms with E-state index in [0.29, 0.717) is 45.8 Å². The fraction of sp³-hybridized carbons (Fsp3) is 0.278. The number of aromatic amines is 1. The Morgan fingerprint density at radius 3 is 2.79 bits per heavy atom. The van der Waals surface area contributed by atoms with Gasteiger partial charge in [0.05, 0.1) is 21.8 Å². The molecular formula is C18H16ClN3O5S. The van der Waals surface area contributed by atoms with Crippen LogP contribution in [0.5, 0.6) is 0 Å². The Balaban J connectivity index is 1.67. The molecule has 0 amide bonds. The minimum Gasteiger partial charge on any atom is -0.422 e. The van der Waals surface area contributed by atoms with E-state index in [9.17, 15) is 18.0 Å². The van der Waals surface area contributed by atoms with Crippen molar-refractivity contribution < 1.29 is 12.8 Å². The Morgan fingerprint density at radius 2 is 2.04 bits per heavy atom. The monoisotopic (exact) mass is 421 g/mol. The molecular weight excluding hydrogens is 406 g/mol. The number of aromatic nitrogens is 2. The van der Waals surface area contributed by atoms with Gasteiger partial charge in [-0.25, -0.2) is 18.2 Å². The molecule has 146 valence electrons. The summed E-state index contributed by atoms with van der Waals surface area (Å²) in [5.74, 6) is 0. The predicted molar refractivity (Wildman–Crippen MR) is 103 cm³/mol. The number of H-pyrrole nitrogens is 1. The van der Waals surface area contributed by atoms with E-state index in [1.165, 1.54) is 0 Å². The zero-order valence-electron chi connectivity index (χ0n) is 14.9. The normalized spacial score (nSPS) is 14.9. The van der Waals surface area contributed by atoms with Crippen molar-refractivity contribution in [1.82, 2.24) is 14.9 Å². The second-order valence-corrected chi connectivity index (χ2v) is 9.02. The third kappa shape index (κ3) is 3.36. The Bertz CT molecular complexity index is 1310. The van der Waals surface area contributed by atoms with E-state index in [0.717, 1.165) is 6.26 Å². The fourth-order valence-electron chi connectivity index (χ4n) is 3.28. The minimum atomic E-state index is -3.60. The minimum absolute atomic E-state index is 0.207. The largest absolute Gasteiger partial charge is 0.422 e. The third-order valence-electron chi connectivity index (χ3n) is 4.70. The van der Waals surface area contributed by atoms with Crippen LogP contribution in [-0.2, 0) is 29.3 Å². The first-order valence-electron chi connectivity index (χ1n) is 8.49. The summed E-state index contributed by atoms with van der Waals surface area (Å²) in [7, 11) is -3.60. The molecule has 0 bridgehead atoms. The van der Waals surface area contributed by atoms with Crippen LogP contribution in [-0.4, -0.2) is 36.1 Å². The third-order valence-corrected chi connectivity index (χ3v) is 6.02. The highest BCUT2D eigenvalue weighted by molar-refractivity contribution is 7.90. The van der Waals surface area contributed by atoms with Crippen LogP contribution in [0, 0.1) is 0 Å². The number of hydrogen-bond donors (Lipinski definition) is 1. The maximum Gasteiger partial charge on any atom is 0.342 e. The zero-order chi connectivity index (χ0) is 20.1. The van der Waals surface area contributed by atoms with Gasteiger partial charge in [0.25, 0.3) is 5.56 Å². The standard InChI is InChI=1S/C18H16ClN3O5S/c1-28(25,26)18-20-13-6-7-22(8-11(13)16(23)21-18)9-12-15(19)10-4-2-3-5-14(10)27-17(12)24/h2-5H,6-9H2,1H3,(H,20,21,23). The molecule has 0 saturated carbocycles. The van der Waals surface area contributed by atoms with Gasteiger partial charge in [-0.1, -0.05) is 23.7 Å². The van der Waals surface area contributed by atoms with Crippen molar-refractivity contribution in [3.05, 3.63) is 66.9 Å². The van der Waals surface area contributed by atoms with Gasteiger partial charge in [0.15, 0.2) is 0 Å². The lowest BCUT2D eigenvalue weighted by Crippen LogP contribution is -2.37. The van der Waals surface area contributed by atoms with Crippen LogP contribution < -0.4 is 11.2 Å². The number of rotatable bonds is 3. The number of halogens is 1. The summed E-state index contributed by atoms with van der Waals surface area (Å²) in [6.07, 6.45) is 1.38. The molecule has 0 saturated heterocycles. The maximum absolute atomic E-state index is 12.4. The smallest absolute Gasteiger partial charge is 0.342 e. The molecule has 1 aromatic carbocycles. The lowest BCUT2D eigenvalue weighted by molar-refractivity contribution is 0.238. The molecule has 0 radical (unpaired) electrons. The molecule has 0 unspecified atom stereocenters. The van der Waals surface area contributed by atoms with Gasteiger partial charge in [-0.15, -0.1) is 0 Å². The van der Waals surface area contributed by atoms with Gasteiger partial charge in [-0.3, -0.25) is 14.7 Å². The van der Waals surface area contributed by atoms with Gasteiger partial charge in [0, 0.05) is 37.7 Å². The van der Waals surface area contributed by atoms with Crippen molar-refractivity contribution in [2.24, 2.45) is 0 Å². The van der Waals surface area contributed by atoms with Crippen molar-refractivity contribution in [2.45, 2.75) is 24.7 Å². The molecule has 1 N–H and O–H groups in total. The number of fused-ring (bicyclic) bond motifs is 2. The highest BCUT2D eigenvalue weighted by Gasteiger charge is 2.25. The molecule has 10 heteroatoms. The SMILES string of the molecule is CS(=O)(=O)c1nc2c(c(=O)[nH]1)CN(Cc1c(Cl)c3ccccc3oc1=O)CC2. The molecule has 3 aromatic rings. The predicted octanol–water partition coefficient (Wildman–Crippen LogP) is 1.49. The number of nitrogens with zero attached hydrogens (tertiary/aromatic N) is 2. The van der Waals surface area contributed by atoms with Gasteiger partial charge >= 0.3 is 5.63 Å². The summed E-state index contributed by atoms with van der Waals surface area (Å²) in [5, 5.41) is 0.647. The van der Waals surface area contributed by atoms with Crippen molar-refractivity contribution in [2.75, 3.05) is 12.8 Å². The van der Waals surface area contributed by atoms with Crippen LogP contribution >= 0.6 is 11.6 Å². The number of nitrogens with one attached hydrogen (secondary N) is 1. The van der Waals surface area contributed by atoms with E-state index in [1.54, 1.807) is 24.3 Å². The van der Waals surface area contributed by atoms with E-state index in [2.05, 4.69) is 9.97 Å². The second kappa shape index (κ2) is 6.84. The molecule has 0 aliphatic carbocycles. The zero-order valence-corrected chi connectivity index (χ0v) is 16.4. The molecule has 0 spiro atoms. The van der Waals surface area contributed by atoms with E-state index in [1.807, 2.05) is 4.90 Å². The average molecular weight is 422 g/mol. The van der Waals surface area contributed by atoms with Gasteiger partial charge in [0.2, 0.25) is 15.0 Å². The Labute approximate surface area is 164 Å². The summed E-state index contributed by atoms with van der Waals surface area (Å²) in [4.78, 5) is 33.0. The molecule has 1 aliphatic rings. The van der Waals surface area contributed by atoms with Crippen molar-refractivity contribution in [3.8, 4) is 0 Å². The van der Waals surface area contributed by atoms with E-state index >= 15 is 0 Å². The molecule has 4 rings (SSSR count). The number of hydrogen-bond acceptors (Lipinski definition) is 7. The van der Waals surface area contributed by atoms with E-state index < -0.39 is 21.0 Å². The van der Waals surface area contributed by atoms with Crippen LogP contribution in [0.1, 0.15) is 16.8 Å². The van der Waals surface area contributed by atoms with Crippen molar-refractivity contribution in [3.63, 3.8) is 0 Å². The topological polar surface area (TPSA) is 113 Å². The second-order valence-electron chi connectivity index (χ2n) is 6.71. The highest BCUT2D eigenvalue weighted by atomic mass is 35.5. The first-order chi connectivity index (χ1) is 13.2. The Morgan fingerprint density at radius 1 is 1.29 bits per heavy atom. The number of sulfone groups is 1. The van der Waals surface area contributed by atoms with E-state index in [4.69, 9.17) is 16.0 Å². The van der Waals surface area contributed by atoms with Crippen molar-refractivity contribution >= 4 is 32.4 Å². The first-order valence-corrected chi connectivity index (χ1v) is 10.8. The van der Waals surface area contributed by atoms with Gasteiger partial charge < -0.3 is 4.42 Å². The molecule has 8 nitrogen and oxygen atoms in total. The van der Waals surface area contributed by atoms with Gasteiger partial charge in [-0.05, 0) is 12.1 Å². The summed E-state index contributed by atoms with van der Waals surface area (Å²) in [6, 6.07) is 7.01. The molecule has 3 heterocycles. The summed E-state index contributed by atoms with van der Waals surface area (Å²) >= 11 is 6.43. The molecule has 28 heavy (non-hydrogen) atoms. The molecule has 1 aliphatic heterocycles. The number of benzene rings is 1. The van der Waals surface area contributed by atoms with Crippen LogP contribution in [0.15, 0.2) is 43.4 Å². The van der Waals surface area contributed by atoms with Crippen LogP contribution in [0.2, 0.25) is 5.02 Å². The molecule has 2 aromatic heterocycles. The van der Waals surface area contributed by atoms with Gasteiger partial charge in [0.1, 0.15) is 5.58 Å². The first kappa shape index (κ1) is 18.9. The summed E-state index contributed by atoms with van der Waals surface area (Å²) in [5.41, 5.74) is 0.567. The van der Waals surface area contributed by atoms with Crippen LogP contribution in [0.25, 0.3) is 11.0 Å². The lowest BCUT2D eigenvalue weighted by atomic mass is 10.1. The molecule has 0 atom stereocenters. The quantitative estimate of drug-likeness (QED) is 0.503. The highest BCUT2D eigenvalue weighted by Crippen LogP contribution is 2.26.